The predicted octanol–water partition coefficient (Wildman–Crippen LogP) is 2.23. The summed E-state index contributed by atoms with van der Waals surface area (Å²) in [6, 6.07) is 0.145. The van der Waals surface area contributed by atoms with Gasteiger partial charge in [0, 0.05) is 7.11 Å². The molecule has 3 unspecified atom stereocenters. The van der Waals surface area contributed by atoms with E-state index in [0.29, 0.717) is 18.4 Å². The molecule has 1 fully saturated rings. The monoisotopic (exact) mass is 330 g/mol. The van der Waals surface area contributed by atoms with Crippen molar-refractivity contribution in [2.75, 3.05) is 13.7 Å². The van der Waals surface area contributed by atoms with Gasteiger partial charge in [-0.15, -0.1) is 0 Å². The van der Waals surface area contributed by atoms with E-state index in [0.717, 1.165) is 16.7 Å². The van der Waals surface area contributed by atoms with Crippen LogP contribution in [0, 0.1) is 11.8 Å². The van der Waals surface area contributed by atoms with E-state index >= 15 is 0 Å². The molecule has 1 aromatic rings. The number of methoxy groups -OCH3 is 1. The summed E-state index contributed by atoms with van der Waals surface area (Å²) in [7, 11) is 1.70. The fourth-order valence-corrected chi connectivity index (χ4v) is 3.65. The van der Waals surface area contributed by atoms with E-state index in [1.54, 1.807) is 7.11 Å². The second kappa shape index (κ2) is 6.83. The van der Waals surface area contributed by atoms with E-state index in [9.17, 15) is 0 Å². The van der Waals surface area contributed by atoms with Crippen LogP contribution in [0.4, 0.5) is 0 Å². The molecule has 108 valence electrons. The quantitative estimate of drug-likeness (QED) is 0.620. The van der Waals surface area contributed by atoms with Crippen LogP contribution >= 0.6 is 15.9 Å². The Morgan fingerprint density at radius 3 is 3.00 bits per heavy atom. The molecule has 3 N–H and O–H groups in total. The van der Waals surface area contributed by atoms with Crippen LogP contribution in [0.25, 0.3) is 0 Å². The Labute approximate surface area is 123 Å². The molecule has 0 aromatic carbocycles. The van der Waals surface area contributed by atoms with Gasteiger partial charge in [-0.2, -0.15) is 5.10 Å². The third kappa shape index (κ3) is 3.18. The molecule has 3 atom stereocenters. The van der Waals surface area contributed by atoms with Crippen molar-refractivity contribution in [3.63, 3.8) is 0 Å². The Morgan fingerprint density at radius 2 is 2.42 bits per heavy atom. The normalized spacial score (nSPS) is 24.8. The Balaban J connectivity index is 2.24. The summed E-state index contributed by atoms with van der Waals surface area (Å²) in [6.07, 6.45) is 5.63. The lowest BCUT2D eigenvalue weighted by atomic mass is 9.88. The first-order chi connectivity index (χ1) is 9.19. The number of hydrazine groups is 1. The van der Waals surface area contributed by atoms with Crippen LogP contribution in [0.15, 0.2) is 10.7 Å². The van der Waals surface area contributed by atoms with Crippen LogP contribution in [-0.2, 0) is 11.3 Å². The lowest BCUT2D eigenvalue weighted by Gasteiger charge is -2.27. The predicted molar refractivity (Wildman–Crippen MR) is 78.4 cm³/mol. The van der Waals surface area contributed by atoms with Gasteiger partial charge in [-0.25, -0.2) is 0 Å². The standard InChI is InChI=1S/C13H23BrN4O/c1-9-4-3-5-10(9)12(17-15)13-11(14)8-16-18(13)6-7-19-2/h8-10,12,17H,3-7,15H2,1-2H3. The van der Waals surface area contributed by atoms with Gasteiger partial charge in [-0.1, -0.05) is 19.8 Å². The zero-order valence-corrected chi connectivity index (χ0v) is 13.2. The number of nitrogens with zero attached hydrogens (tertiary/aromatic N) is 2. The Morgan fingerprint density at radius 1 is 1.63 bits per heavy atom. The number of hydrogen-bond donors (Lipinski definition) is 2. The van der Waals surface area contributed by atoms with Crippen molar-refractivity contribution in [3.8, 4) is 0 Å². The van der Waals surface area contributed by atoms with Crippen molar-refractivity contribution in [3.05, 3.63) is 16.4 Å². The van der Waals surface area contributed by atoms with Gasteiger partial charge < -0.3 is 4.74 Å². The average Bonchev–Trinajstić information content (AvgIpc) is 2.97. The minimum atomic E-state index is 0.145. The highest BCUT2D eigenvalue weighted by molar-refractivity contribution is 9.10. The highest BCUT2D eigenvalue weighted by Crippen LogP contribution is 2.41. The number of nitrogens with two attached hydrogens (primary N) is 1. The molecule has 1 heterocycles. The summed E-state index contributed by atoms with van der Waals surface area (Å²) < 4.78 is 8.15. The molecule has 6 heteroatoms. The third-order valence-electron chi connectivity index (χ3n) is 4.17. The summed E-state index contributed by atoms with van der Waals surface area (Å²) in [6.45, 7) is 3.71. The lowest BCUT2D eigenvalue weighted by Crippen LogP contribution is -2.36. The number of hydrogen-bond acceptors (Lipinski definition) is 4. The summed E-state index contributed by atoms with van der Waals surface area (Å²) >= 11 is 3.60. The van der Waals surface area contributed by atoms with Crippen LogP contribution in [0.2, 0.25) is 0 Å². The molecule has 1 aromatic heterocycles. The van der Waals surface area contributed by atoms with Gasteiger partial charge in [-0.05, 0) is 34.2 Å². The van der Waals surface area contributed by atoms with Crippen molar-refractivity contribution in [2.24, 2.45) is 17.7 Å². The van der Waals surface area contributed by atoms with E-state index < -0.39 is 0 Å². The number of nitrogens with one attached hydrogen (secondary N) is 1. The molecule has 0 spiro atoms. The van der Waals surface area contributed by atoms with Crippen LogP contribution in [0.3, 0.4) is 0 Å². The zero-order valence-electron chi connectivity index (χ0n) is 11.6. The van der Waals surface area contributed by atoms with E-state index in [2.05, 4.69) is 33.4 Å². The molecule has 2 rings (SSSR count). The lowest BCUT2D eigenvalue weighted by molar-refractivity contribution is 0.179. The SMILES string of the molecule is COCCn1ncc(Br)c1C(NN)C1CCCC1C. The summed E-state index contributed by atoms with van der Waals surface area (Å²) in [5.74, 6) is 7.09. The van der Waals surface area contributed by atoms with Crippen molar-refractivity contribution in [2.45, 2.75) is 38.8 Å². The Hall–Kier alpha value is -0.430. The van der Waals surface area contributed by atoms with E-state index in [1.165, 1.54) is 19.3 Å². The van der Waals surface area contributed by atoms with Crippen LogP contribution in [0.5, 0.6) is 0 Å². The van der Waals surface area contributed by atoms with Gasteiger partial charge in [-0.3, -0.25) is 16.0 Å². The van der Waals surface area contributed by atoms with Gasteiger partial charge in [0.1, 0.15) is 0 Å². The smallest absolute Gasteiger partial charge is 0.0713 e. The molecular weight excluding hydrogens is 308 g/mol. The maximum absolute atomic E-state index is 5.83. The van der Waals surface area contributed by atoms with Crippen LogP contribution < -0.4 is 11.3 Å². The van der Waals surface area contributed by atoms with Crippen molar-refractivity contribution < 1.29 is 4.74 Å². The van der Waals surface area contributed by atoms with Gasteiger partial charge in [0.2, 0.25) is 0 Å². The number of ether oxygens (including phenoxy) is 1. The Bertz CT molecular complexity index is 409. The summed E-state index contributed by atoms with van der Waals surface area (Å²) in [5.41, 5.74) is 4.14. The number of rotatable bonds is 6. The molecule has 5 nitrogen and oxygen atoms in total. The van der Waals surface area contributed by atoms with Crippen molar-refractivity contribution >= 4 is 15.9 Å². The molecule has 1 aliphatic carbocycles. The first-order valence-corrected chi connectivity index (χ1v) is 7.64. The molecule has 0 bridgehead atoms. The van der Waals surface area contributed by atoms with Crippen LogP contribution in [0.1, 0.15) is 37.9 Å². The first kappa shape index (κ1) is 15.0. The van der Waals surface area contributed by atoms with Gasteiger partial charge >= 0.3 is 0 Å². The summed E-state index contributed by atoms with van der Waals surface area (Å²) in [4.78, 5) is 0. The van der Waals surface area contributed by atoms with E-state index in [1.807, 2.05) is 10.9 Å². The highest BCUT2D eigenvalue weighted by atomic mass is 79.9. The number of halogens is 1. The van der Waals surface area contributed by atoms with Crippen LogP contribution in [-0.4, -0.2) is 23.5 Å². The topological polar surface area (TPSA) is 65.1 Å². The molecule has 0 amide bonds. The Kier molecular flexibility index (Phi) is 5.38. The molecule has 1 saturated carbocycles. The largest absolute Gasteiger partial charge is 0.383 e. The molecule has 19 heavy (non-hydrogen) atoms. The molecule has 0 radical (unpaired) electrons. The fourth-order valence-electron chi connectivity index (χ4n) is 3.11. The fraction of sp³-hybridized carbons (Fsp3) is 0.769. The van der Waals surface area contributed by atoms with E-state index in [-0.39, 0.29) is 6.04 Å². The number of aromatic nitrogens is 2. The first-order valence-electron chi connectivity index (χ1n) is 6.85. The summed E-state index contributed by atoms with van der Waals surface area (Å²) in [5, 5.41) is 4.41. The van der Waals surface area contributed by atoms with E-state index in [4.69, 9.17) is 10.6 Å². The zero-order chi connectivity index (χ0) is 13.8. The maximum atomic E-state index is 5.83. The van der Waals surface area contributed by atoms with Crippen molar-refractivity contribution in [1.82, 2.24) is 15.2 Å². The minimum Gasteiger partial charge on any atom is -0.383 e. The second-order valence-corrected chi connectivity index (χ2v) is 6.16. The van der Waals surface area contributed by atoms with Gasteiger partial charge in [0.05, 0.1) is 35.6 Å². The minimum absolute atomic E-state index is 0.145. The third-order valence-corrected chi connectivity index (χ3v) is 4.78. The molecule has 0 aliphatic heterocycles. The van der Waals surface area contributed by atoms with Gasteiger partial charge in [0.25, 0.3) is 0 Å². The average molecular weight is 331 g/mol. The van der Waals surface area contributed by atoms with Crippen molar-refractivity contribution in [1.29, 1.82) is 0 Å². The second-order valence-electron chi connectivity index (χ2n) is 5.31. The molecule has 1 aliphatic rings. The van der Waals surface area contributed by atoms with Gasteiger partial charge in [0.15, 0.2) is 0 Å². The highest BCUT2D eigenvalue weighted by Gasteiger charge is 2.34. The maximum Gasteiger partial charge on any atom is 0.0713 e. The molecule has 0 saturated heterocycles. The molecular formula is C13H23BrN4O.